The fourth-order valence-electron chi connectivity index (χ4n) is 3.14. The number of aromatic nitrogens is 1. The number of hydrogen-bond acceptors (Lipinski definition) is 4. The first-order valence-electron chi connectivity index (χ1n) is 7.90. The summed E-state index contributed by atoms with van der Waals surface area (Å²) in [7, 11) is -4.33. The van der Waals surface area contributed by atoms with E-state index in [1.807, 2.05) is 24.3 Å². The van der Waals surface area contributed by atoms with Crippen LogP contribution in [0.1, 0.15) is 23.9 Å². The molecule has 1 fully saturated rings. The summed E-state index contributed by atoms with van der Waals surface area (Å²) in [4.78, 5) is 3.63. The van der Waals surface area contributed by atoms with Crippen LogP contribution in [0.15, 0.2) is 41.3 Å². The number of para-hydroxylation sites is 1. The molecule has 0 aliphatic carbocycles. The van der Waals surface area contributed by atoms with Gasteiger partial charge in [0.05, 0.1) is 16.3 Å². The molecule has 1 aliphatic heterocycles. The molecule has 4 rings (SSSR count). The zero-order chi connectivity index (χ0) is 18.5. The minimum Gasteiger partial charge on any atom is -0.239 e. The first-order chi connectivity index (χ1) is 12.4. The van der Waals surface area contributed by atoms with Crippen LogP contribution in [0.4, 0.5) is 13.2 Å². The number of fused-ring (bicyclic) bond motifs is 1. The van der Waals surface area contributed by atoms with E-state index < -0.39 is 38.4 Å². The molecule has 0 spiro atoms. The molecule has 1 unspecified atom stereocenters. The van der Waals surface area contributed by atoms with Crippen molar-refractivity contribution < 1.29 is 21.6 Å². The highest BCUT2D eigenvalue weighted by Crippen LogP contribution is 2.40. The molecule has 3 aromatic rings. The Kier molecular flexibility index (Phi) is 4.25. The van der Waals surface area contributed by atoms with Gasteiger partial charge >= 0.3 is 0 Å². The summed E-state index contributed by atoms with van der Waals surface area (Å²) >= 11 is 1.37. The van der Waals surface area contributed by atoms with Crippen molar-refractivity contribution >= 4 is 31.6 Å². The Morgan fingerprint density at radius 2 is 1.85 bits per heavy atom. The summed E-state index contributed by atoms with van der Waals surface area (Å²) in [6.07, 6.45) is 1.11. The van der Waals surface area contributed by atoms with Crippen LogP contribution in [0, 0.1) is 17.5 Å². The molecule has 1 saturated heterocycles. The van der Waals surface area contributed by atoms with Gasteiger partial charge in [-0.2, -0.15) is 4.31 Å². The second-order valence-electron chi connectivity index (χ2n) is 5.97. The third-order valence-electron chi connectivity index (χ3n) is 4.39. The van der Waals surface area contributed by atoms with Crippen molar-refractivity contribution in [2.75, 3.05) is 6.54 Å². The summed E-state index contributed by atoms with van der Waals surface area (Å²) in [5, 5.41) is 0.607. The van der Waals surface area contributed by atoms with E-state index in [2.05, 4.69) is 4.98 Å². The van der Waals surface area contributed by atoms with Gasteiger partial charge in [-0.05, 0) is 37.1 Å². The minimum atomic E-state index is -4.33. The van der Waals surface area contributed by atoms with Crippen LogP contribution in [-0.4, -0.2) is 24.3 Å². The van der Waals surface area contributed by atoms with Crippen molar-refractivity contribution in [3.05, 3.63) is 58.9 Å². The molecule has 4 nitrogen and oxygen atoms in total. The molecule has 0 radical (unpaired) electrons. The van der Waals surface area contributed by atoms with Crippen LogP contribution < -0.4 is 0 Å². The minimum absolute atomic E-state index is 0.168. The lowest BCUT2D eigenvalue weighted by Crippen LogP contribution is -2.31. The highest BCUT2D eigenvalue weighted by atomic mass is 32.2. The van der Waals surface area contributed by atoms with E-state index in [9.17, 15) is 21.6 Å². The fraction of sp³-hybridized carbons (Fsp3) is 0.235. The van der Waals surface area contributed by atoms with Gasteiger partial charge in [0.25, 0.3) is 0 Å². The lowest BCUT2D eigenvalue weighted by atomic mass is 10.2. The topological polar surface area (TPSA) is 50.3 Å². The summed E-state index contributed by atoms with van der Waals surface area (Å²) in [6, 6.07) is 8.25. The molecule has 0 N–H and O–H groups in total. The largest absolute Gasteiger partial charge is 0.246 e. The van der Waals surface area contributed by atoms with Crippen LogP contribution in [-0.2, 0) is 10.0 Å². The van der Waals surface area contributed by atoms with Crippen LogP contribution in [0.3, 0.4) is 0 Å². The van der Waals surface area contributed by atoms with Gasteiger partial charge in [0.2, 0.25) is 10.0 Å². The average molecular weight is 398 g/mol. The Balaban J connectivity index is 1.77. The maximum atomic E-state index is 14.1. The molecule has 2 heterocycles. The van der Waals surface area contributed by atoms with Crippen molar-refractivity contribution in [3.63, 3.8) is 0 Å². The molecular formula is C17H13F3N2O2S2. The Morgan fingerprint density at radius 3 is 2.62 bits per heavy atom. The fourth-order valence-corrected chi connectivity index (χ4v) is 6.04. The molecule has 0 saturated carbocycles. The lowest BCUT2D eigenvalue weighted by Gasteiger charge is -2.22. The normalized spacial score (nSPS) is 18.7. The molecule has 1 aromatic heterocycles. The third-order valence-corrected chi connectivity index (χ3v) is 7.45. The SMILES string of the molecule is O=S(=O)(c1ccc(F)c(F)c1F)N1CCCC1c1nc2ccccc2s1. The Morgan fingerprint density at radius 1 is 1.08 bits per heavy atom. The summed E-state index contributed by atoms with van der Waals surface area (Å²) < 4.78 is 68.6. The monoisotopic (exact) mass is 398 g/mol. The molecule has 1 atom stereocenters. The lowest BCUT2D eigenvalue weighted by molar-refractivity contribution is 0.386. The van der Waals surface area contributed by atoms with Gasteiger partial charge in [0.15, 0.2) is 17.5 Å². The second kappa shape index (κ2) is 6.33. The average Bonchev–Trinajstić information content (AvgIpc) is 3.26. The van der Waals surface area contributed by atoms with E-state index >= 15 is 0 Å². The smallest absolute Gasteiger partial charge is 0.239 e. The van der Waals surface area contributed by atoms with Crippen molar-refractivity contribution in [1.29, 1.82) is 0 Å². The predicted octanol–water partition coefficient (Wildman–Crippen LogP) is 4.24. The van der Waals surface area contributed by atoms with E-state index in [4.69, 9.17) is 0 Å². The number of thiazole rings is 1. The Hall–Kier alpha value is -1.97. The van der Waals surface area contributed by atoms with Crippen molar-refractivity contribution in [1.82, 2.24) is 9.29 Å². The van der Waals surface area contributed by atoms with Gasteiger partial charge < -0.3 is 0 Å². The van der Waals surface area contributed by atoms with Crippen molar-refractivity contribution in [3.8, 4) is 0 Å². The molecular weight excluding hydrogens is 385 g/mol. The third kappa shape index (κ3) is 2.70. The van der Waals surface area contributed by atoms with Crippen LogP contribution in [0.25, 0.3) is 10.2 Å². The van der Waals surface area contributed by atoms with E-state index in [0.29, 0.717) is 23.9 Å². The molecule has 1 aliphatic rings. The van der Waals surface area contributed by atoms with Gasteiger partial charge in [-0.1, -0.05) is 12.1 Å². The highest BCUT2D eigenvalue weighted by Gasteiger charge is 2.39. The molecule has 2 aromatic carbocycles. The van der Waals surface area contributed by atoms with E-state index in [0.717, 1.165) is 20.6 Å². The maximum Gasteiger partial charge on any atom is 0.246 e. The number of nitrogens with zero attached hydrogens (tertiary/aromatic N) is 2. The zero-order valence-electron chi connectivity index (χ0n) is 13.3. The number of hydrogen-bond donors (Lipinski definition) is 0. The predicted molar refractivity (Wildman–Crippen MR) is 91.8 cm³/mol. The Labute approximate surface area is 152 Å². The highest BCUT2D eigenvalue weighted by molar-refractivity contribution is 7.89. The first kappa shape index (κ1) is 17.4. The van der Waals surface area contributed by atoms with Crippen LogP contribution in [0.2, 0.25) is 0 Å². The van der Waals surface area contributed by atoms with Gasteiger partial charge in [-0.25, -0.2) is 26.6 Å². The Bertz CT molecular complexity index is 1070. The van der Waals surface area contributed by atoms with E-state index in [1.165, 1.54) is 11.3 Å². The van der Waals surface area contributed by atoms with Crippen molar-refractivity contribution in [2.45, 2.75) is 23.8 Å². The van der Waals surface area contributed by atoms with E-state index in [-0.39, 0.29) is 6.54 Å². The van der Waals surface area contributed by atoms with Crippen LogP contribution in [0.5, 0.6) is 0 Å². The molecule has 136 valence electrons. The zero-order valence-corrected chi connectivity index (χ0v) is 15.0. The van der Waals surface area contributed by atoms with Gasteiger partial charge in [0.1, 0.15) is 9.90 Å². The molecule has 9 heteroatoms. The standard InChI is InChI=1S/C17H13F3N2O2S2/c18-10-7-8-14(16(20)15(10)19)26(23,24)22-9-3-5-12(22)17-21-11-4-1-2-6-13(11)25-17/h1-2,4,6-8,12H,3,5,9H2. The summed E-state index contributed by atoms with van der Waals surface area (Å²) in [5.74, 6) is -4.91. The molecule has 0 amide bonds. The number of rotatable bonds is 3. The van der Waals surface area contributed by atoms with Crippen molar-refractivity contribution in [2.24, 2.45) is 0 Å². The summed E-state index contributed by atoms with van der Waals surface area (Å²) in [5.41, 5.74) is 0.760. The van der Waals surface area contributed by atoms with Gasteiger partial charge in [0, 0.05) is 6.54 Å². The quantitative estimate of drug-likeness (QED) is 0.620. The number of halogens is 3. The van der Waals surface area contributed by atoms with Crippen LogP contribution >= 0.6 is 11.3 Å². The van der Waals surface area contributed by atoms with Gasteiger partial charge in [-0.15, -0.1) is 11.3 Å². The number of benzene rings is 2. The van der Waals surface area contributed by atoms with Gasteiger partial charge in [-0.3, -0.25) is 0 Å². The second-order valence-corrected chi connectivity index (χ2v) is 8.89. The molecule has 0 bridgehead atoms. The maximum absolute atomic E-state index is 14.1. The first-order valence-corrected chi connectivity index (χ1v) is 10.2. The number of sulfonamides is 1. The summed E-state index contributed by atoms with van der Waals surface area (Å²) in [6.45, 7) is 0.168. The molecule has 26 heavy (non-hydrogen) atoms. The van der Waals surface area contributed by atoms with E-state index in [1.54, 1.807) is 0 Å².